The molecule has 0 fully saturated rings. The SMILES string of the molecule is CCOC(=O)CN(CCOC)C(N)=O. The van der Waals surface area contributed by atoms with Gasteiger partial charge in [0.15, 0.2) is 0 Å². The minimum absolute atomic E-state index is 0.132. The largest absolute Gasteiger partial charge is 0.465 e. The van der Waals surface area contributed by atoms with Gasteiger partial charge in [-0.2, -0.15) is 0 Å². The summed E-state index contributed by atoms with van der Waals surface area (Å²) in [5.41, 5.74) is 5.05. The number of ether oxygens (including phenoxy) is 2. The molecule has 2 amide bonds. The van der Waals surface area contributed by atoms with Crippen molar-refractivity contribution in [3.05, 3.63) is 0 Å². The quantitative estimate of drug-likeness (QED) is 0.595. The van der Waals surface area contributed by atoms with E-state index in [4.69, 9.17) is 10.5 Å². The van der Waals surface area contributed by atoms with Gasteiger partial charge in [0.05, 0.1) is 13.2 Å². The van der Waals surface area contributed by atoms with E-state index in [-0.39, 0.29) is 19.7 Å². The molecule has 0 radical (unpaired) electrons. The lowest BCUT2D eigenvalue weighted by molar-refractivity contribution is -0.143. The zero-order chi connectivity index (χ0) is 11.0. The van der Waals surface area contributed by atoms with E-state index >= 15 is 0 Å². The highest BCUT2D eigenvalue weighted by molar-refractivity contribution is 5.79. The van der Waals surface area contributed by atoms with E-state index in [1.54, 1.807) is 6.92 Å². The third-order valence-electron chi connectivity index (χ3n) is 1.50. The number of nitrogens with two attached hydrogens (primary N) is 1. The molecule has 0 aromatic carbocycles. The van der Waals surface area contributed by atoms with Crippen molar-refractivity contribution in [1.82, 2.24) is 4.90 Å². The predicted molar refractivity (Wildman–Crippen MR) is 49.7 cm³/mol. The van der Waals surface area contributed by atoms with E-state index < -0.39 is 12.0 Å². The van der Waals surface area contributed by atoms with Crippen molar-refractivity contribution in [2.24, 2.45) is 5.73 Å². The molecule has 0 heterocycles. The number of hydrogen-bond donors (Lipinski definition) is 1. The van der Waals surface area contributed by atoms with Gasteiger partial charge >= 0.3 is 12.0 Å². The van der Waals surface area contributed by atoms with Crippen molar-refractivity contribution >= 4 is 12.0 Å². The number of rotatable bonds is 6. The van der Waals surface area contributed by atoms with Gasteiger partial charge < -0.3 is 20.1 Å². The molecule has 6 heteroatoms. The number of hydrogen-bond acceptors (Lipinski definition) is 4. The summed E-state index contributed by atoms with van der Waals surface area (Å²) in [5, 5.41) is 0. The fourth-order valence-corrected chi connectivity index (χ4v) is 0.831. The average Bonchev–Trinajstić information content (AvgIpc) is 2.12. The second kappa shape index (κ2) is 7.14. The fourth-order valence-electron chi connectivity index (χ4n) is 0.831. The predicted octanol–water partition coefficient (Wildman–Crippen LogP) is -0.423. The molecule has 6 nitrogen and oxygen atoms in total. The average molecular weight is 204 g/mol. The fraction of sp³-hybridized carbons (Fsp3) is 0.750. The Labute approximate surface area is 82.9 Å². The lowest BCUT2D eigenvalue weighted by Crippen LogP contribution is -2.41. The molecular formula is C8H16N2O4. The molecule has 0 bridgehead atoms. The first kappa shape index (κ1) is 12.7. The van der Waals surface area contributed by atoms with Crippen molar-refractivity contribution in [2.75, 3.05) is 33.4 Å². The number of carbonyl (C=O) groups excluding carboxylic acids is 2. The Morgan fingerprint density at radius 1 is 1.43 bits per heavy atom. The number of amides is 2. The third kappa shape index (κ3) is 5.36. The van der Waals surface area contributed by atoms with Crippen molar-refractivity contribution in [3.63, 3.8) is 0 Å². The minimum atomic E-state index is -0.657. The Morgan fingerprint density at radius 2 is 2.07 bits per heavy atom. The van der Waals surface area contributed by atoms with Crippen LogP contribution in [0.15, 0.2) is 0 Å². The zero-order valence-corrected chi connectivity index (χ0v) is 8.49. The summed E-state index contributed by atoms with van der Waals surface area (Å²) in [6.07, 6.45) is 0. The number of nitrogens with zero attached hydrogens (tertiary/aromatic N) is 1. The van der Waals surface area contributed by atoms with Gasteiger partial charge in [0.1, 0.15) is 6.54 Å². The Bertz CT molecular complexity index is 196. The Hall–Kier alpha value is -1.30. The number of primary amides is 1. The number of urea groups is 1. The van der Waals surface area contributed by atoms with Crippen LogP contribution in [0, 0.1) is 0 Å². The van der Waals surface area contributed by atoms with Gasteiger partial charge in [-0.05, 0) is 6.92 Å². The molecule has 0 aliphatic heterocycles. The van der Waals surface area contributed by atoms with Crippen LogP contribution >= 0.6 is 0 Å². The normalized spacial score (nSPS) is 9.57. The van der Waals surface area contributed by atoms with E-state index in [2.05, 4.69) is 4.74 Å². The molecule has 0 aromatic rings. The monoisotopic (exact) mass is 204 g/mol. The maximum atomic E-state index is 11.0. The highest BCUT2D eigenvalue weighted by atomic mass is 16.5. The third-order valence-corrected chi connectivity index (χ3v) is 1.50. The molecule has 0 aliphatic carbocycles. The molecule has 0 aliphatic rings. The second-order valence-corrected chi connectivity index (χ2v) is 2.56. The van der Waals surface area contributed by atoms with Crippen LogP contribution in [-0.4, -0.2) is 50.3 Å². The first-order valence-electron chi connectivity index (χ1n) is 4.30. The van der Waals surface area contributed by atoms with Gasteiger partial charge in [0.25, 0.3) is 0 Å². The molecule has 2 N–H and O–H groups in total. The first-order valence-corrected chi connectivity index (χ1v) is 4.30. The van der Waals surface area contributed by atoms with Crippen LogP contribution in [0.2, 0.25) is 0 Å². The van der Waals surface area contributed by atoms with E-state index in [1.807, 2.05) is 0 Å². The summed E-state index contributed by atoms with van der Waals surface area (Å²) < 4.78 is 9.44. The Morgan fingerprint density at radius 3 is 2.50 bits per heavy atom. The van der Waals surface area contributed by atoms with E-state index in [1.165, 1.54) is 12.0 Å². The summed E-state index contributed by atoms with van der Waals surface area (Å²) in [5.74, 6) is -0.470. The minimum Gasteiger partial charge on any atom is -0.465 e. The molecule has 82 valence electrons. The number of carbonyl (C=O) groups is 2. The lowest BCUT2D eigenvalue weighted by atomic mass is 10.5. The van der Waals surface area contributed by atoms with E-state index in [0.717, 1.165) is 0 Å². The van der Waals surface area contributed by atoms with Gasteiger partial charge in [-0.25, -0.2) is 4.79 Å². The Balaban J connectivity index is 3.95. The molecular weight excluding hydrogens is 188 g/mol. The number of methoxy groups -OCH3 is 1. The zero-order valence-electron chi connectivity index (χ0n) is 8.49. The highest BCUT2D eigenvalue weighted by Gasteiger charge is 2.14. The second-order valence-electron chi connectivity index (χ2n) is 2.56. The van der Waals surface area contributed by atoms with Crippen LogP contribution < -0.4 is 5.73 Å². The van der Waals surface area contributed by atoms with Crippen LogP contribution in [-0.2, 0) is 14.3 Å². The van der Waals surface area contributed by atoms with Crippen molar-refractivity contribution in [1.29, 1.82) is 0 Å². The van der Waals surface area contributed by atoms with Crippen LogP contribution in [0.1, 0.15) is 6.92 Å². The van der Waals surface area contributed by atoms with Crippen LogP contribution in [0.3, 0.4) is 0 Å². The Kier molecular flexibility index (Phi) is 6.47. The maximum absolute atomic E-state index is 11.0. The topological polar surface area (TPSA) is 81.9 Å². The van der Waals surface area contributed by atoms with Gasteiger partial charge in [-0.1, -0.05) is 0 Å². The summed E-state index contributed by atoms with van der Waals surface area (Å²) in [6.45, 7) is 2.47. The van der Waals surface area contributed by atoms with Crippen molar-refractivity contribution in [3.8, 4) is 0 Å². The molecule has 14 heavy (non-hydrogen) atoms. The van der Waals surface area contributed by atoms with Crippen LogP contribution in [0.25, 0.3) is 0 Å². The molecule has 0 atom stereocenters. The number of esters is 1. The molecule has 0 saturated heterocycles. The maximum Gasteiger partial charge on any atom is 0.325 e. The van der Waals surface area contributed by atoms with Crippen LogP contribution in [0.5, 0.6) is 0 Å². The first-order chi connectivity index (χ1) is 6.61. The molecule has 0 saturated carbocycles. The van der Waals surface area contributed by atoms with Gasteiger partial charge in [0.2, 0.25) is 0 Å². The van der Waals surface area contributed by atoms with Gasteiger partial charge in [-0.3, -0.25) is 4.79 Å². The summed E-state index contributed by atoms with van der Waals surface area (Å²) in [7, 11) is 1.50. The standard InChI is InChI=1S/C8H16N2O4/c1-3-14-7(11)6-10(8(9)12)4-5-13-2/h3-6H2,1-2H3,(H2,9,12). The van der Waals surface area contributed by atoms with E-state index in [0.29, 0.717) is 6.61 Å². The van der Waals surface area contributed by atoms with E-state index in [9.17, 15) is 9.59 Å². The van der Waals surface area contributed by atoms with Gasteiger partial charge in [0, 0.05) is 13.7 Å². The highest BCUT2D eigenvalue weighted by Crippen LogP contribution is 1.90. The molecule has 0 rings (SSSR count). The summed E-state index contributed by atoms with van der Waals surface area (Å²) in [4.78, 5) is 23.0. The van der Waals surface area contributed by atoms with Gasteiger partial charge in [-0.15, -0.1) is 0 Å². The molecule has 0 spiro atoms. The van der Waals surface area contributed by atoms with Crippen molar-refractivity contribution in [2.45, 2.75) is 6.92 Å². The summed E-state index contributed by atoms with van der Waals surface area (Å²) >= 11 is 0. The molecule has 0 unspecified atom stereocenters. The van der Waals surface area contributed by atoms with Crippen LogP contribution in [0.4, 0.5) is 4.79 Å². The molecule has 0 aromatic heterocycles. The van der Waals surface area contributed by atoms with Crippen molar-refractivity contribution < 1.29 is 19.1 Å². The lowest BCUT2D eigenvalue weighted by Gasteiger charge is -2.18. The smallest absolute Gasteiger partial charge is 0.325 e. The summed E-state index contributed by atoms with van der Waals surface area (Å²) in [6, 6.07) is -0.657.